The van der Waals surface area contributed by atoms with Crippen molar-refractivity contribution in [3.8, 4) is 5.69 Å². The zero-order valence-electron chi connectivity index (χ0n) is 14.0. The molecule has 0 spiro atoms. The number of hydrogen-bond acceptors (Lipinski definition) is 4. The summed E-state index contributed by atoms with van der Waals surface area (Å²) in [7, 11) is 0. The summed E-state index contributed by atoms with van der Waals surface area (Å²) in [5.74, 6) is 0.574. The molecule has 0 amide bonds. The fourth-order valence-corrected chi connectivity index (χ4v) is 2.89. The predicted molar refractivity (Wildman–Crippen MR) is 98.5 cm³/mol. The van der Waals surface area contributed by atoms with E-state index >= 15 is 0 Å². The second kappa shape index (κ2) is 6.44. The highest BCUT2D eigenvalue weighted by atomic mass is 19.1. The number of pyridine rings is 2. The van der Waals surface area contributed by atoms with E-state index in [-0.39, 0.29) is 5.56 Å². The Kier molecular flexibility index (Phi) is 3.96. The summed E-state index contributed by atoms with van der Waals surface area (Å²) in [6.45, 7) is 2.07. The summed E-state index contributed by atoms with van der Waals surface area (Å²) in [4.78, 5) is 20.5. The number of anilines is 2. The van der Waals surface area contributed by atoms with Crippen LogP contribution in [-0.2, 0) is 6.42 Å². The third-order valence-electron chi connectivity index (χ3n) is 4.18. The minimum absolute atomic E-state index is 0.204. The third kappa shape index (κ3) is 2.83. The predicted octanol–water partition coefficient (Wildman–Crippen LogP) is 3.55. The van der Waals surface area contributed by atoms with Crippen molar-refractivity contribution in [2.75, 3.05) is 5.32 Å². The quantitative estimate of drug-likeness (QED) is 0.591. The van der Waals surface area contributed by atoms with E-state index in [1.165, 1.54) is 18.3 Å². The Bertz CT molecular complexity index is 1130. The first-order valence-electron chi connectivity index (χ1n) is 8.23. The molecule has 3 heterocycles. The molecular weight excluding hydrogens is 333 g/mol. The Balaban J connectivity index is 1.82. The number of para-hydroxylation sites is 1. The highest BCUT2D eigenvalue weighted by molar-refractivity contribution is 5.82. The first-order chi connectivity index (χ1) is 12.7. The molecule has 6 nitrogen and oxygen atoms in total. The molecule has 0 saturated carbocycles. The maximum atomic E-state index is 13.0. The van der Waals surface area contributed by atoms with Gasteiger partial charge in [0, 0.05) is 12.3 Å². The third-order valence-corrected chi connectivity index (χ3v) is 4.18. The molecule has 3 aromatic heterocycles. The molecule has 1 aromatic carbocycles. The second-order valence-corrected chi connectivity index (χ2v) is 5.83. The van der Waals surface area contributed by atoms with Crippen molar-refractivity contribution in [2.24, 2.45) is 0 Å². The van der Waals surface area contributed by atoms with Gasteiger partial charge in [-0.25, -0.2) is 14.4 Å². The van der Waals surface area contributed by atoms with Gasteiger partial charge in [-0.15, -0.1) is 0 Å². The number of H-pyrrole nitrogens is 1. The summed E-state index contributed by atoms with van der Waals surface area (Å²) in [6, 6.07) is 12.5. The van der Waals surface area contributed by atoms with E-state index < -0.39 is 5.82 Å². The number of nitrogens with zero attached hydrogens (tertiary/aromatic N) is 3. The second-order valence-electron chi connectivity index (χ2n) is 5.83. The number of aromatic amines is 1. The number of halogens is 1. The van der Waals surface area contributed by atoms with Crippen molar-refractivity contribution < 1.29 is 4.39 Å². The number of rotatable bonds is 4. The van der Waals surface area contributed by atoms with Gasteiger partial charge in [-0.05, 0) is 30.2 Å². The first kappa shape index (κ1) is 16.0. The van der Waals surface area contributed by atoms with Crippen LogP contribution in [-0.4, -0.2) is 19.7 Å². The molecule has 0 saturated heterocycles. The maximum absolute atomic E-state index is 13.0. The lowest BCUT2D eigenvalue weighted by atomic mass is 10.1. The zero-order valence-corrected chi connectivity index (χ0v) is 14.0. The van der Waals surface area contributed by atoms with Crippen LogP contribution in [0.1, 0.15) is 12.5 Å². The van der Waals surface area contributed by atoms with Gasteiger partial charge in [-0.1, -0.05) is 25.1 Å². The Morgan fingerprint density at radius 1 is 1.12 bits per heavy atom. The van der Waals surface area contributed by atoms with E-state index in [1.807, 2.05) is 24.3 Å². The van der Waals surface area contributed by atoms with Crippen LogP contribution in [0.2, 0.25) is 0 Å². The van der Waals surface area contributed by atoms with Gasteiger partial charge in [0.2, 0.25) is 0 Å². The van der Waals surface area contributed by atoms with Gasteiger partial charge >= 0.3 is 0 Å². The van der Waals surface area contributed by atoms with Gasteiger partial charge in [-0.3, -0.25) is 14.6 Å². The van der Waals surface area contributed by atoms with Crippen molar-refractivity contribution in [3.05, 3.63) is 76.6 Å². The molecular formula is C19H16FN5O. The molecule has 0 aliphatic heterocycles. The van der Waals surface area contributed by atoms with Gasteiger partial charge in [0.1, 0.15) is 17.5 Å². The van der Waals surface area contributed by atoms with Gasteiger partial charge in [0.15, 0.2) is 0 Å². The normalized spacial score (nSPS) is 11.0. The van der Waals surface area contributed by atoms with Crippen LogP contribution in [0.15, 0.2) is 59.7 Å². The number of aryl methyl sites for hydroxylation is 1. The molecule has 0 aliphatic rings. The van der Waals surface area contributed by atoms with Crippen LogP contribution in [0.4, 0.5) is 16.0 Å². The van der Waals surface area contributed by atoms with E-state index in [0.717, 1.165) is 23.9 Å². The molecule has 130 valence electrons. The molecule has 7 heteroatoms. The summed E-state index contributed by atoms with van der Waals surface area (Å²) >= 11 is 0. The summed E-state index contributed by atoms with van der Waals surface area (Å²) < 4.78 is 14.8. The van der Waals surface area contributed by atoms with E-state index in [1.54, 1.807) is 10.7 Å². The van der Waals surface area contributed by atoms with E-state index in [9.17, 15) is 9.18 Å². The van der Waals surface area contributed by atoms with Crippen LogP contribution in [0.25, 0.3) is 16.6 Å². The molecule has 0 radical (unpaired) electrons. The van der Waals surface area contributed by atoms with Gasteiger partial charge in [-0.2, -0.15) is 0 Å². The first-order valence-corrected chi connectivity index (χ1v) is 8.23. The van der Waals surface area contributed by atoms with Crippen molar-refractivity contribution in [3.63, 3.8) is 0 Å². The largest absolute Gasteiger partial charge is 0.325 e. The standard InChI is InChI=1S/C19H16FN5O/c1-2-12-5-3-4-6-15(12)25-16-9-18(22-11-14(16)19(26)24-25)23-17-8-7-13(20)10-21-17/h3-11H,2H2,1H3,(H,24,26)(H,21,22,23). The van der Waals surface area contributed by atoms with Gasteiger partial charge in [0.25, 0.3) is 5.56 Å². The van der Waals surface area contributed by atoms with Gasteiger partial charge in [0.05, 0.1) is 22.8 Å². The lowest BCUT2D eigenvalue weighted by Crippen LogP contribution is -2.05. The van der Waals surface area contributed by atoms with Crippen LogP contribution >= 0.6 is 0 Å². The molecule has 0 unspecified atom stereocenters. The van der Waals surface area contributed by atoms with Crippen molar-refractivity contribution >= 4 is 22.5 Å². The number of benzene rings is 1. The van der Waals surface area contributed by atoms with Crippen molar-refractivity contribution in [1.82, 2.24) is 19.7 Å². The molecule has 0 aliphatic carbocycles. The lowest BCUT2D eigenvalue weighted by Gasteiger charge is -2.10. The smallest absolute Gasteiger partial charge is 0.273 e. The van der Waals surface area contributed by atoms with Crippen LogP contribution in [0.5, 0.6) is 0 Å². The monoisotopic (exact) mass is 349 g/mol. The van der Waals surface area contributed by atoms with Crippen molar-refractivity contribution in [1.29, 1.82) is 0 Å². The van der Waals surface area contributed by atoms with Crippen LogP contribution < -0.4 is 10.9 Å². The van der Waals surface area contributed by atoms with E-state index in [0.29, 0.717) is 22.5 Å². The molecule has 4 aromatic rings. The molecule has 4 rings (SSSR count). The Labute approximate surface area is 148 Å². The van der Waals surface area contributed by atoms with Gasteiger partial charge < -0.3 is 5.32 Å². The Morgan fingerprint density at radius 3 is 2.69 bits per heavy atom. The number of aromatic nitrogens is 4. The SMILES string of the molecule is CCc1ccccc1-n1[nH]c(=O)c2cnc(Nc3ccc(F)cn3)cc21. The minimum atomic E-state index is -0.408. The molecule has 0 bridgehead atoms. The average Bonchev–Trinajstić information content (AvgIpc) is 2.99. The molecule has 0 atom stereocenters. The van der Waals surface area contributed by atoms with E-state index in [4.69, 9.17) is 0 Å². The minimum Gasteiger partial charge on any atom is -0.325 e. The van der Waals surface area contributed by atoms with E-state index in [2.05, 4.69) is 27.3 Å². The summed E-state index contributed by atoms with van der Waals surface area (Å²) in [5, 5.41) is 6.39. The molecule has 0 fully saturated rings. The topological polar surface area (TPSA) is 75.6 Å². The number of fused-ring (bicyclic) bond motifs is 1. The number of nitrogens with one attached hydrogen (secondary N) is 2. The average molecular weight is 349 g/mol. The summed E-state index contributed by atoms with van der Waals surface area (Å²) in [6.07, 6.45) is 3.49. The number of hydrogen-bond donors (Lipinski definition) is 2. The highest BCUT2D eigenvalue weighted by Gasteiger charge is 2.12. The molecule has 2 N–H and O–H groups in total. The summed E-state index contributed by atoms with van der Waals surface area (Å²) in [5.41, 5.74) is 2.53. The van der Waals surface area contributed by atoms with Crippen LogP contribution in [0.3, 0.4) is 0 Å². The lowest BCUT2D eigenvalue weighted by molar-refractivity contribution is 0.622. The van der Waals surface area contributed by atoms with Crippen LogP contribution in [0, 0.1) is 5.82 Å². The fourth-order valence-electron chi connectivity index (χ4n) is 2.89. The van der Waals surface area contributed by atoms with Crippen molar-refractivity contribution in [2.45, 2.75) is 13.3 Å². The Hall–Kier alpha value is -3.48. The highest BCUT2D eigenvalue weighted by Crippen LogP contribution is 2.22. The zero-order chi connectivity index (χ0) is 18.1. The Morgan fingerprint density at radius 2 is 1.92 bits per heavy atom. The fraction of sp³-hybridized carbons (Fsp3) is 0.105. The maximum Gasteiger partial charge on any atom is 0.273 e. The molecule has 26 heavy (non-hydrogen) atoms.